The van der Waals surface area contributed by atoms with Gasteiger partial charge in [0.05, 0.1) is 13.1 Å². The van der Waals surface area contributed by atoms with Gasteiger partial charge in [0.2, 0.25) is 0 Å². The Morgan fingerprint density at radius 2 is 1.96 bits per heavy atom. The van der Waals surface area contributed by atoms with Gasteiger partial charge in [-0.2, -0.15) is 0 Å². The van der Waals surface area contributed by atoms with Gasteiger partial charge in [-0.3, -0.25) is 4.90 Å². The highest BCUT2D eigenvalue weighted by atomic mass is 32.1. The van der Waals surface area contributed by atoms with Gasteiger partial charge in [0, 0.05) is 48.3 Å². The number of anilines is 1. The van der Waals surface area contributed by atoms with Crippen molar-refractivity contribution in [3.63, 3.8) is 0 Å². The number of nitrogens with zero attached hydrogens (tertiary/aromatic N) is 4. The van der Waals surface area contributed by atoms with Crippen molar-refractivity contribution in [1.29, 1.82) is 0 Å². The summed E-state index contributed by atoms with van der Waals surface area (Å²) in [6, 6.07) is 8.67. The van der Waals surface area contributed by atoms with E-state index in [-0.39, 0.29) is 0 Å². The van der Waals surface area contributed by atoms with E-state index in [4.69, 9.17) is 9.40 Å². The van der Waals surface area contributed by atoms with Gasteiger partial charge in [0.25, 0.3) is 0 Å². The summed E-state index contributed by atoms with van der Waals surface area (Å²) in [7, 11) is 2.17. The molecule has 1 fully saturated rings. The standard InChI is InChI=1S/C19H25N4OS/c1-4-22(5-2)15-7-6-14-12-17-18(24-16(14)13-15)20-19(25-17)23-10-8-21(3)9-11-23/h6-7,12-13H,4-5,8-11H2,1-3H3/q+1. The lowest BCUT2D eigenvalue weighted by atomic mass is 10.2. The first-order valence-corrected chi connectivity index (χ1v) is 9.85. The normalized spacial score (nSPS) is 16.0. The zero-order valence-corrected chi connectivity index (χ0v) is 16.0. The van der Waals surface area contributed by atoms with Crippen molar-refractivity contribution in [2.24, 2.45) is 0 Å². The molecule has 0 unspecified atom stereocenters. The average Bonchev–Trinajstić information content (AvgIpc) is 3.04. The summed E-state index contributed by atoms with van der Waals surface area (Å²) >= 11 is 1.73. The van der Waals surface area contributed by atoms with Crippen molar-refractivity contribution in [3.05, 3.63) is 29.1 Å². The summed E-state index contributed by atoms with van der Waals surface area (Å²) in [5.74, 6) is 0.753. The molecule has 3 heterocycles. The smallest absolute Gasteiger partial charge is 0.382 e. The molecular formula is C19H25N4OS+. The van der Waals surface area contributed by atoms with Crippen LogP contribution in [0, 0.1) is 0 Å². The molecule has 1 aromatic rings. The first-order chi connectivity index (χ1) is 12.2. The minimum atomic E-state index is 0.753. The van der Waals surface area contributed by atoms with Crippen LogP contribution in [0.4, 0.5) is 5.69 Å². The fourth-order valence-corrected chi connectivity index (χ4v) is 4.36. The van der Waals surface area contributed by atoms with E-state index in [1.54, 1.807) is 11.3 Å². The molecular weight excluding hydrogens is 332 g/mol. The molecule has 0 bridgehead atoms. The van der Waals surface area contributed by atoms with Crippen molar-refractivity contribution in [2.45, 2.75) is 13.8 Å². The lowest BCUT2D eigenvalue weighted by Gasteiger charge is -2.21. The van der Waals surface area contributed by atoms with Crippen molar-refractivity contribution in [3.8, 4) is 10.8 Å². The van der Waals surface area contributed by atoms with Gasteiger partial charge in [-0.25, -0.2) is 4.58 Å². The third kappa shape index (κ3) is 3.16. The van der Waals surface area contributed by atoms with Crippen LogP contribution in [0.5, 0.6) is 0 Å². The zero-order valence-electron chi connectivity index (χ0n) is 15.2. The molecule has 1 aromatic carbocycles. The predicted octanol–water partition coefficient (Wildman–Crippen LogP) is 2.56. The van der Waals surface area contributed by atoms with Crippen LogP contribution < -0.4 is 14.3 Å². The molecule has 0 radical (unpaired) electrons. The Balaban J connectivity index is 1.79. The number of thiazole rings is 1. The van der Waals surface area contributed by atoms with Gasteiger partial charge >= 0.3 is 10.7 Å². The zero-order chi connectivity index (χ0) is 17.4. The molecule has 0 aromatic heterocycles. The third-order valence-electron chi connectivity index (χ3n) is 5.00. The van der Waals surface area contributed by atoms with Crippen LogP contribution in [0.2, 0.25) is 0 Å². The molecule has 0 saturated carbocycles. The lowest BCUT2D eigenvalue weighted by Crippen LogP contribution is -2.46. The lowest BCUT2D eigenvalue weighted by molar-refractivity contribution is 0.266. The van der Waals surface area contributed by atoms with Gasteiger partial charge in [-0.15, -0.1) is 0 Å². The number of rotatable bonds is 3. The number of aromatic nitrogens is 1. The number of hydrogen-bond donors (Lipinski definition) is 0. The summed E-state index contributed by atoms with van der Waals surface area (Å²) in [5.41, 5.74) is 2.11. The van der Waals surface area contributed by atoms with E-state index in [1.165, 1.54) is 5.69 Å². The minimum absolute atomic E-state index is 0.753. The molecule has 0 amide bonds. The second-order valence-electron chi connectivity index (χ2n) is 6.60. The number of likely N-dealkylation sites (N-methyl/N-ethyl adjacent to an activating group) is 1. The molecule has 0 aliphatic carbocycles. The highest BCUT2D eigenvalue weighted by molar-refractivity contribution is 7.12. The Hall–Kier alpha value is -1.92. The summed E-state index contributed by atoms with van der Waals surface area (Å²) in [6.07, 6.45) is 0. The summed E-state index contributed by atoms with van der Waals surface area (Å²) < 4.78 is 8.52. The van der Waals surface area contributed by atoms with E-state index in [0.717, 1.165) is 65.8 Å². The SMILES string of the molecule is CCN(CC)c1ccc2cc3sc(=[N+]4CCN(C)CC4)nc-3oc2c1. The first-order valence-electron chi connectivity index (χ1n) is 9.04. The number of fused-ring (bicyclic) bond motifs is 2. The fourth-order valence-electron chi connectivity index (χ4n) is 3.37. The summed E-state index contributed by atoms with van der Waals surface area (Å²) in [4.78, 5) is 11.7. The van der Waals surface area contributed by atoms with Gasteiger partial charge in [-0.1, -0.05) is 0 Å². The van der Waals surface area contributed by atoms with Gasteiger partial charge in [0.15, 0.2) is 0 Å². The molecule has 4 rings (SSSR count). The first kappa shape index (κ1) is 16.5. The number of benzene rings is 1. The van der Waals surface area contributed by atoms with Crippen LogP contribution in [0.3, 0.4) is 0 Å². The fraction of sp³-hybridized carbons (Fsp3) is 0.474. The number of piperazine rings is 1. The Morgan fingerprint density at radius 1 is 1.20 bits per heavy atom. The van der Waals surface area contributed by atoms with Crippen molar-refractivity contribution in [1.82, 2.24) is 14.5 Å². The van der Waals surface area contributed by atoms with E-state index in [9.17, 15) is 0 Å². The molecule has 3 aliphatic heterocycles. The average molecular weight is 358 g/mol. The van der Waals surface area contributed by atoms with Crippen LogP contribution >= 0.6 is 11.3 Å². The molecule has 25 heavy (non-hydrogen) atoms. The molecule has 1 saturated heterocycles. The second-order valence-corrected chi connectivity index (χ2v) is 7.61. The Morgan fingerprint density at radius 3 is 2.68 bits per heavy atom. The van der Waals surface area contributed by atoms with Gasteiger partial charge in [-0.05, 0) is 50.4 Å². The van der Waals surface area contributed by atoms with E-state index in [2.05, 4.69) is 59.5 Å². The monoisotopic (exact) mass is 357 g/mol. The molecule has 0 atom stereocenters. The Bertz CT molecular complexity index is 915. The number of hydrogen-bond acceptors (Lipinski definition) is 5. The van der Waals surface area contributed by atoms with Crippen LogP contribution in [0.15, 0.2) is 28.7 Å². The van der Waals surface area contributed by atoms with Crippen molar-refractivity contribution < 1.29 is 4.42 Å². The summed E-state index contributed by atoms with van der Waals surface area (Å²) in [6.45, 7) is 10.6. The highest BCUT2D eigenvalue weighted by Crippen LogP contribution is 2.30. The molecule has 0 spiro atoms. The van der Waals surface area contributed by atoms with Crippen LogP contribution in [0.1, 0.15) is 13.8 Å². The minimum Gasteiger partial charge on any atom is -0.419 e. The van der Waals surface area contributed by atoms with E-state index in [0.29, 0.717) is 0 Å². The second kappa shape index (κ2) is 6.77. The Labute approximate surface area is 152 Å². The quantitative estimate of drug-likeness (QED) is 0.675. The van der Waals surface area contributed by atoms with Gasteiger partial charge < -0.3 is 9.32 Å². The van der Waals surface area contributed by atoms with Crippen molar-refractivity contribution >= 4 is 28.0 Å². The van der Waals surface area contributed by atoms with Gasteiger partial charge in [0.1, 0.15) is 10.5 Å². The van der Waals surface area contributed by atoms with Crippen LogP contribution in [-0.4, -0.2) is 56.2 Å². The third-order valence-corrected chi connectivity index (χ3v) is 6.05. The van der Waals surface area contributed by atoms with Crippen molar-refractivity contribution in [2.75, 3.05) is 51.2 Å². The molecule has 6 heteroatoms. The van der Waals surface area contributed by atoms with Crippen LogP contribution in [-0.2, 0) is 0 Å². The van der Waals surface area contributed by atoms with E-state index < -0.39 is 0 Å². The topological polar surface area (TPSA) is 35.5 Å². The molecule has 5 nitrogen and oxygen atoms in total. The highest BCUT2D eigenvalue weighted by Gasteiger charge is 2.23. The maximum atomic E-state index is 6.15. The molecule has 0 N–H and O–H groups in total. The van der Waals surface area contributed by atoms with Crippen LogP contribution in [0.25, 0.3) is 21.7 Å². The molecule has 132 valence electrons. The maximum Gasteiger partial charge on any atom is 0.382 e. The maximum absolute atomic E-state index is 6.15. The largest absolute Gasteiger partial charge is 0.419 e. The predicted molar refractivity (Wildman–Crippen MR) is 105 cm³/mol. The van der Waals surface area contributed by atoms with E-state index in [1.807, 2.05) is 0 Å². The summed E-state index contributed by atoms with van der Waals surface area (Å²) in [5, 5.41) is 1.14. The van der Waals surface area contributed by atoms with E-state index >= 15 is 0 Å². The molecule has 3 aliphatic rings. The Kier molecular flexibility index (Phi) is 4.48.